The van der Waals surface area contributed by atoms with Gasteiger partial charge in [0.1, 0.15) is 0 Å². The monoisotopic (exact) mass is 263 g/mol. The molecule has 7 heteroatoms. The average molecular weight is 263 g/mol. The third-order valence-corrected chi connectivity index (χ3v) is 1.95. The second-order valence-electron chi connectivity index (χ2n) is 3.46. The molecule has 0 aliphatic carbocycles. The quantitative estimate of drug-likeness (QED) is 0.416. The SMILES string of the molecule is COCCOCCOCC(NC(C)=O)C(=O)OC. The second kappa shape index (κ2) is 10.9. The van der Waals surface area contributed by atoms with Gasteiger partial charge in [-0.25, -0.2) is 4.79 Å². The number of amides is 1. The van der Waals surface area contributed by atoms with Gasteiger partial charge < -0.3 is 24.3 Å². The molecular formula is C11H21NO6. The minimum Gasteiger partial charge on any atom is -0.467 e. The average Bonchev–Trinajstić information content (AvgIpc) is 2.34. The van der Waals surface area contributed by atoms with Crippen molar-refractivity contribution in [2.24, 2.45) is 0 Å². The van der Waals surface area contributed by atoms with Crippen LogP contribution in [-0.2, 0) is 28.5 Å². The van der Waals surface area contributed by atoms with Gasteiger partial charge in [-0.2, -0.15) is 0 Å². The molecule has 1 amide bonds. The van der Waals surface area contributed by atoms with Crippen LogP contribution >= 0.6 is 0 Å². The molecule has 18 heavy (non-hydrogen) atoms. The molecule has 7 nitrogen and oxygen atoms in total. The summed E-state index contributed by atoms with van der Waals surface area (Å²) in [4.78, 5) is 22.2. The predicted octanol–water partition coefficient (Wildman–Crippen LogP) is -0.656. The van der Waals surface area contributed by atoms with E-state index in [-0.39, 0.29) is 12.5 Å². The third kappa shape index (κ3) is 8.91. The topological polar surface area (TPSA) is 83.1 Å². The van der Waals surface area contributed by atoms with Crippen molar-refractivity contribution in [1.29, 1.82) is 0 Å². The van der Waals surface area contributed by atoms with Crippen molar-refractivity contribution in [1.82, 2.24) is 5.32 Å². The largest absolute Gasteiger partial charge is 0.467 e. The summed E-state index contributed by atoms with van der Waals surface area (Å²) in [6, 6.07) is -0.786. The van der Waals surface area contributed by atoms with Gasteiger partial charge in [0.15, 0.2) is 6.04 Å². The lowest BCUT2D eigenvalue weighted by Crippen LogP contribution is -2.43. The summed E-state index contributed by atoms with van der Waals surface area (Å²) >= 11 is 0. The third-order valence-electron chi connectivity index (χ3n) is 1.95. The highest BCUT2D eigenvalue weighted by Gasteiger charge is 2.19. The van der Waals surface area contributed by atoms with Gasteiger partial charge in [-0.05, 0) is 0 Å². The molecule has 0 aromatic heterocycles. The molecule has 1 atom stereocenters. The number of esters is 1. The van der Waals surface area contributed by atoms with Crippen LogP contribution in [-0.4, -0.2) is 65.2 Å². The van der Waals surface area contributed by atoms with Crippen molar-refractivity contribution in [3.05, 3.63) is 0 Å². The normalized spacial score (nSPS) is 11.9. The van der Waals surface area contributed by atoms with Crippen LogP contribution in [0.15, 0.2) is 0 Å². The van der Waals surface area contributed by atoms with E-state index < -0.39 is 12.0 Å². The molecule has 0 aromatic rings. The van der Waals surface area contributed by atoms with Gasteiger partial charge in [-0.1, -0.05) is 0 Å². The molecule has 0 aliphatic heterocycles. The van der Waals surface area contributed by atoms with Crippen LogP contribution in [0.4, 0.5) is 0 Å². The highest BCUT2D eigenvalue weighted by Crippen LogP contribution is 1.91. The molecular weight excluding hydrogens is 242 g/mol. The number of nitrogens with one attached hydrogen (secondary N) is 1. The van der Waals surface area contributed by atoms with Gasteiger partial charge in [0.25, 0.3) is 0 Å². The van der Waals surface area contributed by atoms with Gasteiger partial charge >= 0.3 is 5.97 Å². The molecule has 0 rings (SSSR count). The number of ether oxygens (including phenoxy) is 4. The van der Waals surface area contributed by atoms with Crippen LogP contribution in [0, 0.1) is 0 Å². The molecule has 0 saturated heterocycles. The van der Waals surface area contributed by atoms with Crippen molar-refractivity contribution >= 4 is 11.9 Å². The highest BCUT2D eigenvalue weighted by atomic mass is 16.5. The fraction of sp³-hybridized carbons (Fsp3) is 0.818. The summed E-state index contributed by atoms with van der Waals surface area (Å²) in [5.74, 6) is -0.851. The summed E-state index contributed by atoms with van der Waals surface area (Å²) in [5, 5.41) is 2.44. The van der Waals surface area contributed by atoms with Gasteiger partial charge in [0, 0.05) is 14.0 Å². The minimum absolute atomic E-state index is 0.0554. The summed E-state index contributed by atoms with van der Waals surface area (Å²) in [5.41, 5.74) is 0. The zero-order valence-corrected chi connectivity index (χ0v) is 11.1. The molecule has 106 valence electrons. The molecule has 1 unspecified atom stereocenters. The Morgan fingerprint density at radius 2 is 1.67 bits per heavy atom. The number of hydrogen-bond donors (Lipinski definition) is 1. The summed E-state index contributed by atoms with van der Waals surface area (Å²) < 4.78 is 19.7. The molecule has 0 heterocycles. The molecule has 0 bridgehead atoms. The van der Waals surface area contributed by atoms with Crippen LogP contribution in [0.1, 0.15) is 6.92 Å². The van der Waals surface area contributed by atoms with Gasteiger partial charge in [0.2, 0.25) is 5.91 Å². The van der Waals surface area contributed by atoms with E-state index in [0.717, 1.165) is 0 Å². The number of carbonyl (C=O) groups is 2. The summed E-state index contributed by atoms with van der Waals surface area (Å²) in [7, 11) is 2.85. The van der Waals surface area contributed by atoms with E-state index in [2.05, 4.69) is 10.1 Å². The lowest BCUT2D eigenvalue weighted by atomic mass is 10.3. The van der Waals surface area contributed by atoms with E-state index in [1.807, 2.05) is 0 Å². The second-order valence-corrected chi connectivity index (χ2v) is 3.46. The van der Waals surface area contributed by atoms with E-state index in [0.29, 0.717) is 26.4 Å². The van der Waals surface area contributed by atoms with E-state index in [9.17, 15) is 9.59 Å². The Bertz CT molecular complexity index is 246. The molecule has 0 aromatic carbocycles. The van der Waals surface area contributed by atoms with Crippen LogP contribution in [0.25, 0.3) is 0 Å². The zero-order valence-electron chi connectivity index (χ0n) is 11.1. The van der Waals surface area contributed by atoms with Gasteiger partial charge in [-0.3, -0.25) is 4.79 Å². The fourth-order valence-electron chi connectivity index (χ4n) is 1.12. The molecule has 0 fully saturated rings. The molecule has 0 saturated carbocycles. The fourth-order valence-corrected chi connectivity index (χ4v) is 1.12. The van der Waals surface area contributed by atoms with E-state index >= 15 is 0 Å². The Morgan fingerprint density at radius 3 is 2.22 bits per heavy atom. The predicted molar refractivity (Wildman–Crippen MR) is 63.1 cm³/mol. The lowest BCUT2D eigenvalue weighted by molar-refractivity contribution is -0.146. The first-order chi connectivity index (χ1) is 8.61. The Hall–Kier alpha value is -1.18. The van der Waals surface area contributed by atoms with E-state index in [4.69, 9.17) is 14.2 Å². The standard InChI is InChI=1S/C11H21NO6/c1-9(13)12-10(11(14)16-3)8-18-7-6-17-5-4-15-2/h10H,4-8H2,1-3H3,(H,12,13). The number of carbonyl (C=O) groups excluding carboxylic acids is 2. The van der Waals surface area contributed by atoms with Gasteiger partial charge in [0.05, 0.1) is 40.1 Å². The molecule has 0 aliphatic rings. The van der Waals surface area contributed by atoms with Crippen molar-refractivity contribution in [3.8, 4) is 0 Å². The molecule has 0 radical (unpaired) electrons. The number of hydrogen-bond acceptors (Lipinski definition) is 6. The Kier molecular flexibility index (Phi) is 10.2. The Balaban J connectivity index is 3.69. The van der Waals surface area contributed by atoms with Crippen LogP contribution in [0.5, 0.6) is 0 Å². The van der Waals surface area contributed by atoms with E-state index in [1.165, 1.54) is 14.0 Å². The number of methoxy groups -OCH3 is 2. The van der Waals surface area contributed by atoms with Crippen molar-refractivity contribution in [2.45, 2.75) is 13.0 Å². The summed E-state index contributed by atoms with van der Waals surface area (Å²) in [6.07, 6.45) is 0. The first-order valence-electron chi connectivity index (χ1n) is 5.61. The van der Waals surface area contributed by atoms with E-state index in [1.54, 1.807) is 7.11 Å². The van der Waals surface area contributed by atoms with Crippen molar-refractivity contribution < 1.29 is 28.5 Å². The first kappa shape index (κ1) is 16.8. The molecule has 1 N–H and O–H groups in total. The first-order valence-corrected chi connectivity index (χ1v) is 5.61. The zero-order chi connectivity index (χ0) is 13.8. The maximum atomic E-state index is 11.3. The van der Waals surface area contributed by atoms with Crippen LogP contribution < -0.4 is 5.32 Å². The smallest absolute Gasteiger partial charge is 0.330 e. The minimum atomic E-state index is -0.786. The highest BCUT2D eigenvalue weighted by molar-refractivity contribution is 5.83. The molecule has 0 spiro atoms. The Morgan fingerprint density at radius 1 is 1.06 bits per heavy atom. The lowest BCUT2D eigenvalue weighted by Gasteiger charge is -2.15. The van der Waals surface area contributed by atoms with Crippen LogP contribution in [0.3, 0.4) is 0 Å². The maximum Gasteiger partial charge on any atom is 0.330 e. The van der Waals surface area contributed by atoms with Crippen molar-refractivity contribution in [2.75, 3.05) is 47.3 Å². The van der Waals surface area contributed by atoms with Crippen molar-refractivity contribution in [3.63, 3.8) is 0 Å². The maximum absolute atomic E-state index is 11.3. The van der Waals surface area contributed by atoms with Crippen LogP contribution in [0.2, 0.25) is 0 Å². The number of rotatable bonds is 10. The van der Waals surface area contributed by atoms with Gasteiger partial charge in [-0.15, -0.1) is 0 Å². The summed E-state index contributed by atoms with van der Waals surface area (Å²) in [6.45, 7) is 3.13. The Labute approximate surface area is 107 Å².